The van der Waals surface area contributed by atoms with Crippen LogP contribution in [0.5, 0.6) is 0 Å². The van der Waals surface area contributed by atoms with Gasteiger partial charge in [-0.15, -0.1) is 0 Å². The lowest BCUT2D eigenvalue weighted by molar-refractivity contribution is 0.238. The van der Waals surface area contributed by atoms with E-state index in [-0.39, 0.29) is 11.1 Å². The summed E-state index contributed by atoms with van der Waals surface area (Å²) < 4.78 is 27.3. The Hall–Kier alpha value is -0.920. The molecule has 1 fully saturated rings. The van der Waals surface area contributed by atoms with Crippen molar-refractivity contribution in [2.75, 3.05) is 14.1 Å². The van der Waals surface area contributed by atoms with E-state index in [0.29, 0.717) is 12.5 Å². The molecular weight excluding hydrogens is 288 g/mol. The van der Waals surface area contributed by atoms with Gasteiger partial charge in [0.1, 0.15) is 0 Å². The third-order valence-corrected chi connectivity index (χ3v) is 6.32. The standard InChI is InChI=1S/C14H26N4O2S/c1-10-6-5-7-12(8-10)18(4)21(19,20)14-13(9-15-3)11(2)16-17-14/h10,12,15H,5-9H2,1-4H3,(H,16,17). The van der Waals surface area contributed by atoms with Gasteiger partial charge in [-0.25, -0.2) is 8.42 Å². The molecule has 0 aromatic carbocycles. The molecule has 21 heavy (non-hydrogen) atoms. The van der Waals surface area contributed by atoms with Gasteiger partial charge < -0.3 is 5.32 Å². The van der Waals surface area contributed by atoms with Gasteiger partial charge >= 0.3 is 0 Å². The molecule has 1 aliphatic carbocycles. The smallest absolute Gasteiger partial charge is 0.262 e. The molecule has 0 radical (unpaired) electrons. The van der Waals surface area contributed by atoms with Gasteiger partial charge in [0.2, 0.25) is 0 Å². The van der Waals surface area contributed by atoms with E-state index < -0.39 is 10.0 Å². The first-order valence-electron chi connectivity index (χ1n) is 7.54. The van der Waals surface area contributed by atoms with Gasteiger partial charge in [0.15, 0.2) is 5.03 Å². The Kier molecular flexibility index (Phi) is 5.06. The van der Waals surface area contributed by atoms with Crippen LogP contribution in [0, 0.1) is 12.8 Å². The number of sulfonamides is 1. The van der Waals surface area contributed by atoms with Crippen molar-refractivity contribution >= 4 is 10.0 Å². The van der Waals surface area contributed by atoms with Gasteiger partial charge in [-0.3, -0.25) is 5.10 Å². The number of aromatic nitrogens is 2. The highest BCUT2D eigenvalue weighted by Gasteiger charge is 2.34. The largest absolute Gasteiger partial charge is 0.316 e. The number of nitrogens with one attached hydrogen (secondary N) is 2. The first-order chi connectivity index (χ1) is 9.87. The molecule has 1 heterocycles. The van der Waals surface area contributed by atoms with E-state index >= 15 is 0 Å². The van der Waals surface area contributed by atoms with Crippen LogP contribution in [-0.4, -0.2) is 43.1 Å². The number of nitrogens with zero attached hydrogens (tertiary/aromatic N) is 2. The second-order valence-corrected chi connectivity index (χ2v) is 8.02. The number of H-pyrrole nitrogens is 1. The minimum absolute atomic E-state index is 0.0817. The van der Waals surface area contributed by atoms with E-state index in [1.165, 1.54) is 10.7 Å². The summed E-state index contributed by atoms with van der Waals surface area (Å²) in [5, 5.41) is 10.0. The number of hydrogen-bond acceptors (Lipinski definition) is 4. The summed E-state index contributed by atoms with van der Waals surface area (Å²) >= 11 is 0. The molecule has 1 aromatic rings. The van der Waals surface area contributed by atoms with Crippen LogP contribution >= 0.6 is 0 Å². The lowest BCUT2D eigenvalue weighted by Crippen LogP contribution is -2.40. The summed E-state index contributed by atoms with van der Waals surface area (Å²) in [6.45, 7) is 4.53. The fourth-order valence-electron chi connectivity index (χ4n) is 3.09. The predicted octanol–water partition coefficient (Wildman–Crippen LogP) is 1.64. The molecule has 2 rings (SSSR count). The van der Waals surface area contributed by atoms with Gasteiger partial charge in [0.05, 0.1) is 0 Å². The molecule has 7 heteroatoms. The lowest BCUT2D eigenvalue weighted by atomic mass is 9.87. The van der Waals surface area contributed by atoms with Crippen LogP contribution in [0.4, 0.5) is 0 Å². The molecule has 2 atom stereocenters. The summed E-state index contributed by atoms with van der Waals surface area (Å²) in [6, 6.07) is 0.0817. The zero-order valence-electron chi connectivity index (χ0n) is 13.3. The van der Waals surface area contributed by atoms with Crippen LogP contribution in [0.1, 0.15) is 43.9 Å². The number of hydrogen-bond donors (Lipinski definition) is 2. The van der Waals surface area contributed by atoms with Gasteiger partial charge in [0.25, 0.3) is 10.0 Å². The Bertz CT molecular complexity index is 582. The minimum atomic E-state index is -3.54. The molecular formula is C14H26N4O2S. The van der Waals surface area contributed by atoms with Crippen molar-refractivity contribution in [2.45, 2.75) is 57.1 Å². The molecule has 120 valence electrons. The third kappa shape index (κ3) is 3.30. The van der Waals surface area contributed by atoms with Crippen molar-refractivity contribution in [1.82, 2.24) is 19.8 Å². The lowest BCUT2D eigenvalue weighted by Gasteiger charge is -2.33. The fraction of sp³-hybridized carbons (Fsp3) is 0.786. The van der Waals surface area contributed by atoms with Crippen molar-refractivity contribution in [3.63, 3.8) is 0 Å². The molecule has 2 N–H and O–H groups in total. The third-order valence-electron chi connectivity index (χ3n) is 4.44. The monoisotopic (exact) mass is 314 g/mol. The van der Waals surface area contributed by atoms with Crippen molar-refractivity contribution in [2.24, 2.45) is 5.92 Å². The van der Waals surface area contributed by atoms with Gasteiger partial charge in [-0.1, -0.05) is 19.8 Å². The Morgan fingerprint density at radius 3 is 2.76 bits per heavy atom. The second kappa shape index (κ2) is 6.46. The SMILES string of the molecule is CNCc1c(S(=O)(=O)N(C)C2CCCC(C)C2)n[nH]c1C. The fourth-order valence-corrected chi connectivity index (χ4v) is 4.65. The minimum Gasteiger partial charge on any atom is -0.316 e. The number of aryl methyl sites for hydroxylation is 1. The molecule has 0 amide bonds. The number of rotatable bonds is 5. The summed E-state index contributed by atoms with van der Waals surface area (Å²) in [5.41, 5.74) is 1.53. The number of aromatic amines is 1. The second-order valence-electron chi connectivity index (χ2n) is 6.11. The van der Waals surface area contributed by atoms with Crippen molar-refractivity contribution < 1.29 is 8.42 Å². The maximum Gasteiger partial charge on any atom is 0.262 e. The first kappa shape index (κ1) is 16.5. The maximum absolute atomic E-state index is 12.9. The average Bonchev–Trinajstić information content (AvgIpc) is 2.80. The van der Waals surface area contributed by atoms with Crippen LogP contribution < -0.4 is 5.32 Å². The topological polar surface area (TPSA) is 78.1 Å². The molecule has 0 saturated heterocycles. The van der Waals surface area contributed by atoms with Gasteiger partial charge in [-0.05, 0) is 32.7 Å². The Labute approximate surface area is 127 Å². The zero-order chi connectivity index (χ0) is 15.6. The first-order valence-corrected chi connectivity index (χ1v) is 8.98. The molecule has 1 aromatic heterocycles. The molecule has 1 saturated carbocycles. The van der Waals surface area contributed by atoms with Gasteiger partial charge in [-0.2, -0.15) is 9.40 Å². The predicted molar refractivity (Wildman–Crippen MR) is 82.5 cm³/mol. The van der Waals surface area contributed by atoms with Crippen LogP contribution in [0.3, 0.4) is 0 Å². The highest BCUT2D eigenvalue weighted by Crippen LogP contribution is 2.30. The van der Waals surface area contributed by atoms with Crippen LogP contribution in [0.25, 0.3) is 0 Å². The molecule has 0 spiro atoms. The van der Waals surface area contributed by atoms with Crippen molar-refractivity contribution in [3.8, 4) is 0 Å². The van der Waals surface area contributed by atoms with Crippen LogP contribution in [0.2, 0.25) is 0 Å². The van der Waals surface area contributed by atoms with Crippen molar-refractivity contribution in [3.05, 3.63) is 11.3 Å². The van der Waals surface area contributed by atoms with E-state index in [0.717, 1.165) is 30.5 Å². The van der Waals surface area contributed by atoms with E-state index in [9.17, 15) is 8.42 Å². The van der Waals surface area contributed by atoms with Crippen LogP contribution in [0.15, 0.2) is 5.03 Å². The molecule has 2 unspecified atom stereocenters. The normalized spacial score (nSPS) is 23.7. The zero-order valence-corrected chi connectivity index (χ0v) is 14.1. The Morgan fingerprint density at radius 1 is 1.43 bits per heavy atom. The highest BCUT2D eigenvalue weighted by molar-refractivity contribution is 7.89. The van der Waals surface area contributed by atoms with Crippen LogP contribution in [-0.2, 0) is 16.6 Å². The van der Waals surface area contributed by atoms with E-state index in [4.69, 9.17) is 0 Å². The maximum atomic E-state index is 12.9. The molecule has 1 aliphatic rings. The molecule has 0 bridgehead atoms. The van der Waals surface area contributed by atoms with E-state index in [1.54, 1.807) is 14.1 Å². The highest BCUT2D eigenvalue weighted by atomic mass is 32.2. The molecule has 6 nitrogen and oxygen atoms in total. The molecule has 0 aliphatic heterocycles. The quantitative estimate of drug-likeness (QED) is 0.866. The summed E-state index contributed by atoms with van der Waals surface area (Å²) in [5.74, 6) is 0.582. The Balaban J connectivity index is 2.28. The van der Waals surface area contributed by atoms with Gasteiger partial charge in [0, 0.05) is 30.9 Å². The summed E-state index contributed by atoms with van der Waals surface area (Å²) in [7, 11) is -0.0564. The van der Waals surface area contributed by atoms with Crippen molar-refractivity contribution in [1.29, 1.82) is 0 Å². The average molecular weight is 314 g/mol. The summed E-state index contributed by atoms with van der Waals surface area (Å²) in [4.78, 5) is 0. The Morgan fingerprint density at radius 2 is 2.14 bits per heavy atom. The van der Waals surface area contributed by atoms with E-state index in [1.807, 2.05) is 6.92 Å². The van der Waals surface area contributed by atoms with E-state index in [2.05, 4.69) is 22.4 Å². The summed E-state index contributed by atoms with van der Waals surface area (Å²) in [6.07, 6.45) is 4.15.